The van der Waals surface area contributed by atoms with E-state index >= 15 is 0 Å². The number of carbonyl (C=O) groups excluding carboxylic acids is 1. The second-order valence-corrected chi connectivity index (χ2v) is 3.33. The number of nitriles is 1. The molecule has 0 aliphatic carbocycles. The molecular weight excluding hydrogens is 241 g/mol. The van der Waals surface area contributed by atoms with Crippen molar-refractivity contribution in [2.24, 2.45) is 0 Å². The minimum absolute atomic E-state index is 0.0704. The van der Waals surface area contributed by atoms with Crippen LogP contribution in [-0.4, -0.2) is 30.1 Å². The first kappa shape index (κ1) is 13.4. The SMILES string of the molecule is N#Cc1cc(F)ccc1NCC(=O)NCC(=O)O. The summed E-state index contributed by atoms with van der Waals surface area (Å²) in [6.45, 7) is -0.678. The second kappa shape index (κ2) is 6.20. The largest absolute Gasteiger partial charge is 0.480 e. The molecule has 1 rings (SSSR count). The van der Waals surface area contributed by atoms with Gasteiger partial charge in [0.2, 0.25) is 5.91 Å². The van der Waals surface area contributed by atoms with Gasteiger partial charge in [0.1, 0.15) is 18.4 Å². The van der Waals surface area contributed by atoms with Gasteiger partial charge in [-0.15, -0.1) is 0 Å². The monoisotopic (exact) mass is 251 g/mol. The number of hydrogen-bond acceptors (Lipinski definition) is 4. The Balaban J connectivity index is 2.56. The van der Waals surface area contributed by atoms with Crippen molar-refractivity contribution in [2.75, 3.05) is 18.4 Å². The number of anilines is 1. The van der Waals surface area contributed by atoms with Gasteiger partial charge in [-0.25, -0.2) is 4.39 Å². The molecule has 6 nitrogen and oxygen atoms in total. The molecule has 0 heterocycles. The van der Waals surface area contributed by atoms with Crippen molar-refractivity contribution in [3.63, 3.8) is 0 Å². The third kappa shape index (κ3) is 4.09. The topological polar surface area (TPSA) is 102 Å². The van der Waals surface area contributed by atoms with Gasteiger partial charge in [-0.05, 0) is 18.2 Å². The predicted molar refractivity (Wildman–Crippen MR) is 60.3 cm³/mol. The molecule has 3 N–H and O–H groups in total. The summed E-state index contributed by atoms with van der Waals surface area (Å²) >= 11 is 0. The number of amides is 1. The van der Waals surface area contributed by atoms with Crippen LogP contribution in [0.4, 0.5) is 10.1 Å². The fourth-order valence-electron chi connectivity index (χ4n) is 1.18. The maximum Gasteiger partial charge on any atom is 0.322 e. The van der Waals surface area contributed by atoms with Crippen LogP contribution in [-0.2, 0) is 9.59 Å². The fraction of sp³-hybridized carbons (Fsp3) is 0.182. The van der Waals surface area contributed by atoms with Crippen LogP contribution in [0.25, 0.3) is 0 Å². The number of nitrogens with zero attached hydrogens (tertiary/aromatic N) is 1. The molecule has 0 radical (unpaired) electrons. The summed E-state index contributed by atoms with van der Waals surface area (Å²) in [6.07, 6.45) is 0. The van der Waals surface area contributed by atoms with E-state index in [4.69, 9.17) is 10.4 Å². The zero-order valence-corrected chi connectivity index (χ0v) is 9.24. The summed E-state index contributed by atoms with van der Waals surface area (Å²) in [5, 5.41) is 21.9. The van der Waals surface area contributed by atoms with E-state index in [9.17, 15) is 14.0 Å². The molecule has 0 saturated carbocycles. The number of nitrogens with one attached hydrogen (secondary N) is 2. The van der Waals surface area contributed by atoms with Crippen LogP contribution in [0.1, 0.15) is 5.56 Å². The standard InChI is InChI=1S/C11H10FN3O3/c12-8-1-2-9(7(3-8)4-13)14-5-10(16)15-6-11(17)18/h1-3,14H,5-6H2,(H,15,16)(H,17,18). The van der Waals surface area contributed by atoms with Crippen molar-refractivity contribution >= 4 is 17.6 Å². The van der Waals surface area contributed by atoms with Crippen LogP contribution >= 0.6 is 0 Å². The molecule has 1 aromatic carbocycles. The zero-order valence-electron chi connectivity index (χ0n) is 9.24. The lowest BCUT2D eigenvalue weighted by molar-refractivity contribution is -0.137. The summed E-state index contributed by atoms with van der Waals surface area (Å²) in [5.41, 5.74) is 0.380. The maximum atomic E-state index is 12.8. The lowest BCUT2D eigenvalue weighted by Crippen LogP contribution is -2.33. The Labute approximate surface area is 102 Å². The Morgan fingerprint density at radius 2 is 2.11 bits per heavy atom. The fourth-order valence-corrected chi connectivity index (χ4v) is 1.18. The molecule has 0 fully saturated rings. The Morgan fingerprint density at radius 1 is 1.39 bits per heavy atom. The van der Waals surface area contributed by atoms with Gasteiger partial charge < -0.3 is 15.7 Å². The van der Waals surface area contributed by atoms with E-state index in [1.54, 1.807) is 6.07 Å². The molecule has 0 atom stereocenters. The van der Waals surface area contributed by atoms with E-state index in [2.05, 4.69) is 10.6 Å². The number of carboxylic acid groups (broad SMARTS) is 1. The summed E-state index contributed by atoms with van der Waals surface area (Å²) in [4.78, 5) is 21.4. The first-order chi connectivity index (χ1) is 8.52. The minimum Gasteiger partial charge on any atom is -0.480 e. The highest BCUT2D eigenvalue weighted by molar-refractivity contribution is 5.84. The normalized spacial score (nSPS) is 9.33. The van der Waals surface area contributed by atoms with Crippen molar-refractivity contribution in [1.29, 1.82) is 5.26 Å². The molecule has 1 amide bonds. The van der Waals surface area contributed by atoms with Gasteiger partial charge in [-0.1, -0.05) is 0 Å². The number of halogens is 1. The van der Waals surface area contributed by atoms with Crippen LogP contribution in [0.2, 0.25) is 0 Å². The molecule has 0 bridgehead atoms. The third-order valence-corrected chi connectivity index (χ3v) is 1.98. The number of carbonyl (C=O) groups is 2. The Hall–Kier alpha value is -2.62. The van der Waals surface area contributed by atoms with Crippen LogP contribution in [0, 0.1) is 17.1 Å². The van der Waals surface area contributed by atoms with Gasteiger partial charge in [0.15, 0.2) is 0 Å². The number of rotatable bonds is 5. The molecular formula is C11H10FN3O3. The molecule has 0 aliphatic heterocycles. The van der Waals surface area contributed by atoms with E-state index in [0.717, 1.165) is 12.1 Å². The molecule has 0 aliphatic rings. The quantitative estimate of drug-likeness (QED) is 0.699. The van der Waals surface area contributed by atoms with Gasteiger partial charge in [-0.3, -0.25) is 9.59 Å². The van der Waals surface area contributed by atoms with Crippen LogP contribution in [0.5, 0.6) is 0 Å². The lowest BCUT2D eigenvalue weighted by atomic mass is 10.2. The summed E-state index contributed by atoms with van der Waals surface area (Å²) in [7, 11) is 0. The van der Waals surface area contributed by atoms with E-state index in [0.29, 0.717) is 5.69 Å². The van der Waals surface area contributed by atoms with E-state index in [-0.39, 0.29) is 12.1 Å². The lowest BCUT2D eigenvalue weighted by Gasteiger charge is -2.07. The number of hydrogen-bond donors (Lipinski definition) is 3. The predicted octanol–water partition coefficient (Wildman–Crippen LogP) is 0.310. The average Bonchev–Trinajstić information content (AvgIpc) is 2.34. The van der Waals surface area contributed by atoms with Crippen LogP contribution < -0.4 is 10.6 Å². The molecule has 7 heteroatoms. The van der Waals surface area contributed by atoms with Crippen LogP contribution in [0.3, 0.4) is 0 Å². The highest BCUT2D eigenvalue weighted by Crippen LogP contribution is 2.15. The zero-order chi connectivity index (χ0) is 13.5. The van der Waals surface area contributed by atoms with Gasteiger partial charge in [-0.2, -0.15) is 5.26 Å². The van der Waals surface area contributed by atoms with Gasteiger partial charge in [0.25, 0.3) is 0 Å². The van der Waals surface area contributed by atoms with Gasteiger partial charge in [0, 0.05) is 0 Å². The van der Waals surface area contributed by atoms with Gasteiger partial charge in [0.05, 0.1) is 17.8 Å². The maximum absolute atomic E-state index is 12.8. The van der Waals surface area contributed by atoms with Crippen molar-refractivity contribution in [2.45, 2.75) is 0 Å². The summed E-state index contributed by atoms with van der Waals surface area (Å²) < 4.78 is 12.8. The number of aliphatic carboxylic acids is 1. The van der Waals surface area contributed by atoms with Gasteiger partial charge >= 0.3 is 5.97 Å². The highest BCUT2D eigenvalue weighted by Gasteiger charge is 2.06. The summed E-state index contributed by atoms with van der Waals surface area (Å²) in [5.74, 6) is -2.24. The molecule has 1 aromatic rings. The first-order valence-electron chi connectivity index (χ1n) is 4.95. The molecule has 18 heavy (non-hydrogen) atoms. The molecule has 0 saturated heterocycles. The van der Waals surface area contributed by atoms with E-state index < -0.39 is 24.2 Å². The average molecular weight is 251 g/mol. The van der Waals surface area contributed by atoms with Crippen molar-refractivity contribution in [1.82, 2.24) is 5.32 Å². The third-order valence-electron chi connectivity index (χ3n) is 1.98. The Bertz CT molecular complexity index is 511. The molecule has 0 spiro atoms. The molecule has 94 valence electrons. The summed E-state index contributed by atoms with van der Waals surface area (Å²) in [6, 6.07) is 5.30. The van der Waals surface area contributed by atoms with Crippen LogP contribution in [0.15, 0.2) is 18.2 Å². The number of benzene rings is 1. The van der Waals surface area contributed by atoms with Crippen molar-refractivity contribution in [3.05, 3.63) is 29.6 Å². The molecule has 0 aromatic heterocycles. The Kier molecular flexibility index (Phi) is 4.63. The first-order valence-corrected chi connectivity index (χ1v) is 4.95. The van der Waals surface area contributed by atoms with E-state index in [1.807, 2.05) is 0 Å². The minimum atomic E-state index is -1.15. The molecule has 0 unspecified atom stereocenters. The Morgan fingerprint density at radius 3 is 2.72 bits per heavy atom. The van der Waals surface area contributed by atoms with Crippen molar-refractivity contribution < 1.29 is 19.1 Å². The van der Waals surface area contributed by atoms with E-state index in [1.165, 1.54) is 6.07 Å². The smallest absolute Gasteiger partial charge is 0.322 e. The highest BCUT2D eigenvalue weighted by atomic mass is 19.1. The van der Waals surface area contributed by atoms with Crippen molar-refractivity contribution in [3.8, 4) is 6.07 Å². The number of carboxylic acids is 1. The second-order valence-electron chi connectivity index (χ2n) is 3.33.